The fraction of sp³-hybridized carbons (Fsp3) is 0.125. The van der Waals surface area contributed by atoms with E-state index in [9.17, 15) is 18.4 Å². The van der Waals surface area contributed by atoms with Gasteiger partial charge in [0.1, 0.15) is 0 Å². The predicted octanol–water partition coefficient (Wildman–Crippen LogP) is 3.02. The highest BCUT2D eigenvalue weighted by Crippen LogP contribution is 2.29. The van der Waals surface area contributed by atoms with Crippen LogP contribution in [-0.4, -0.2) is 25.5 Å². The lowest BCUT2D eigenvalue weighted by atomic mass is 10.2. The zero-order valence-corrected chi connectivity index (χ0v) is 13.6. The summed E-state index contributed by atoms with van der Waals surface area (Å²) in [7, 11) is 1.25. The molecule has 6 nitrogen and oxygen atoms in total. The molecule has 132 valence electrons. The Bertz CT molecular complexity index is 786. The lowest BCUT2D eigenvalue weighted by molar-refractivity contribution is -0.0512. The van der Waals surface area contributed by atoms with Crippen LogP contribution in [0.1, 0.15) is 20.7 Å². The van der Waals surface area contributed by atoms with Gasteiger partial charge in [0.15, 0.2) is 11.5 Å². The number of carbonyl (C=O) groups excluding carboxylic acids is 2. The Kier molecular flexibility index (Phi) is 6.13. The van der Waals surface area contributed by atoms with Gasteiger partial charge >= 0.3 is 6.61 Å². The van der Waals surface area contributed by atoms with E-state index in [1.165, 1.54) is 37.4 Å². The summed E-state index contributed by atoms with van der Waals surface area (Å²) in [5.41, 5.74) is 4.75. The van der Waals surface area contributed by atoms with Gasteiger partial charge in [0, 0.05) is 16.1 Å². The molecule has 2 aromatic rings. The van der Waals surface area contributed by atoms with E-state index in [1.807, 2.05) is 0 Å². The summed E-state index contributed by atoms with van der Waals surface area (Å²) < 4.78 is 33.7. The number of methoxy groups -OCH3 is 1. The number of rotatable bonds is 5. The second kappa shape index (κ2) is 8.29. The molecule has 0 aliphatic carbocycles. The monoisotopic (exact) mass is 370 g/mol. The van der Waals surface area contributed by atoms with Crippen LogP contribution in [-0.2, 0) is 0 Å². The van der Waals surface area contributed by atoms with Gasteiger partial charge in [-0.15, -0.1) is 0 Å². The molecule has 0 radical (unpaired) electrons. The smallest absolute Gasteiger partial charge is 0.387 e. The van der Waals surface area contributed by atoms with Gasteiger partial charge in [0.2, 0.25) is 0 Å². The van der Waals surface area contributed by atoms with Crippen LogP contribution in [0.25, 0.3) is 0 Å². The largest absolute Gasteiger partial charge is 0.493 e. The fourth-order valence-corrected chi connectivity index (χ4v) is 2.08. The maximum atomic E-state index is 12.3. The van der Waals surface area contributed by atoms with E-state index in [0.29, 0.717) is 5.02 Å². The SMILES string of the molecule is COc1cc(C(=O)NNC(=O)c2cccc(Cl)c2)ccc1OC(F)F. The first-order valence-electron chi connectivity index (χ1n) is 6.90. The molecule has 2 aromatic carbocycles. The van der Waals surface area contributed by atoms with Gasteiger partial charge < -0.3 is 9.47 Å². The zero-order valence-electron chi connectivity index (χ0n) is 12.9. The maximum absolute atomic E-state index is 12.3. The summed E-state index contributed by atoms with van der Waals surface area (Å²) in [6, 6.07) is 9.77. The second-order valence-electron chi connectivity index (χ2n) is 4.66. The summed E-state index contributed by atoms with van der Waals surface area (Å²) in [6.45, 7) is -3.02. The summed E-state index contributed by atoms with van der Waals surface area (Å²) in [6.07, 6.45) is 0. The van der Waals surface area contributed by atoms with Crippen molar-refractivity contribution in [3.05, 3.63) is 58.6 Å². The number of ether oxygens (including phenoxy) is 2. The second-order valence-corrected chi connectivity index (χ2v) is 5.10. The van der Waals surface area contributed by atoms with Crippen molar-refractivity contribution in [2.45, 2.75) is 6.61 Å². The number of carbonyl (C=O) groups is 2. The van der Waals surface area contributed by atoms with Crippen LogP contribution in [0, 0.1) is 0 Å². The number of nitrogens with one attached hydrogen (secondary N) is 2. The van der Waals surface area contributed by atoms with Crippen molar-refractivity contribution < 1.29 is 27.8 Å². The Labute approximate surface area is 146 Å². The van der Waals surface area contributed by atoms with E-state index in [0.717, 1.165) is 0 Å². The van der Waals surface area contributed by atoms with Crippen LogP contribution in [0.5, 0.6) is 11.5 Å². The van der Waals surface area contributed by atoms with Crippen molar-refractivity contribution in [2.24, 2.45) is 0 Å². The molecule has 9 heteroatoms. The first kappa shape index (κ1) is 18.5. The molecule has 0 aliphatic heterocycles. The van der Waals surface area contributed by atoms with Crippen LogP contribution in [0.3, 0.4) is 0 Å². The highest BCUT2D eigenvalue weighted by molar-refractivity contribution is 6.30. The van der Waals surface area contributed by atoms with E-state index >= 15 is 0 Å². The first-order valence-corrected chi connectivity index (χ1v) is 7.27. The number of hydrogen-bond donors (Lipinski definition) is 2. The molecule has 0 spiro atoms. The molecule has 2 amide bonds. The molecule has 0 atom stereocenters. The molecule has 2 N–H and O–H groups in total. The summed E-state index contributed by atoms with van der Waals surface area (Å²) in [5, 5.41) is 0.373. The maximum Gasteiger partial charge on any atom is 0.387 e. The van der Waals surface area contributed by atoms with Gasteiger partial charge in [0.05, 0.1) is 7.11 Å². The molecule has 0 unspecified atom stereocenters. The summed E-state index contributed by atoms with van der Waals surface area (Å²) in [4.78, 5) is 24.0. The molecule has 2 rings (SSSR count). The van der Waals surface area contributed by atoms with Crippen LogP contribution >= 0.6 is 11.6 Å². The quantitative estimate of drug-likeness (QED) is 0.793. The van der Waals surface area contributed by atoms with E-state index < -0.39 is 18.4 Å². The topological polar surface area (TPSA) is 76.7 Å². The van der Waals surface area contributed by atoms with E-state index in [4.69, 9.17) is 16.3 Å². The van der Waals surface area contributed by atoms with Crippen LogP contribution < -0.4 is 20.3 Å². The van der Waals surface area contributed by atoms with Gasteiger partial charge in [0.25, 0.3) is 11.8 Å². The Hall–Kier alpha value is -2.87. The van der Waals surface area contributed by atoms with Crippen molar-refractivity contribution >= 4 is 23.4 Å². The van der Waals surface area contributed by atoms with Gasteiger partial charge in [-0.2, -0.15) is 8.78 Å². The molecule has 0 aromatic heterocycles. The lowest BCUT2D eigenvalue weighted by Crippen LogP contribution is -2.41. The van der Waals surface area contributed by atoms with Crippen LogP contribution in [0.4, 0.5) is 8.78 Å². The molecule has 25 heavy (non-hydrogen) atoms. The third-order valence-electron chi connectivity index (χ3n) is 3.02. The zero-order chi connectivity index (χ0) is 18.4. The summed E-state index contributed by atoms with van der Waals surface area (Å²) >= 11 is 5.79. The minimum Gasteiger partial charge on any atom is -0.493 e. The molecule has 0 aliphatic rings. The standard InChI is InChI=1S/C16H13ClF2N2O4/c1-24-13-8-10(5-6-12(13)25-16(18)19)15(23)21-20-14(22)9-3-2-4-11(17)7-9/h2-8,16H,1H3,(H,20,22)(H,21,23). The molecule has 0 heterocycles. The minimum atomic E-state index is -3.02. The van der Waals surface area contributed by atoms with Gasteiger partial charge in [-0.1, -0.05) is 17.7 Å². The summed E-state index contributed by atoms with van der Waals surface area (Å²) in [5.74, 6) is -1.50. The van der Waals surface area contributed by atoms with E-state index in [1.54, 1.807) is 12.1 Å². The lowest BCUT2D eigenvalue weighted by Gasteiger charge is -2.12. The number of amides is 2. The fourth-order valence-electron chi connectivity index (χ4n) is 1.89. The van der Waals surface area contributed by atoms with Crippen molar-refractivity contribution in [3.63, 3.8) is 0 Å². The number of hydrazine groups is 1. The Morgan fingerprint density at radius 2 is 1.64 bits per heavy atom. The highest BCUT2D eigenvalue weighted by atomic mass is 35.5. The Morgan fingerprint density at radius 1 is 1.00 bits per heavy atom. The number of halogens is 3. The van der Waals surface area contributed by atoms with E-state index in [-0.39, 0.29) is 22.6 Å². The third-order valence-corrected chi connectivity index (χ3v) is 3.25. The van der Waals surface area contributed by atoms with E-state index in [2.05, 4.69) is 15.6 Å². The highest BCUT2D eigenvalue weighted by Gasteiger charge is 2.15. The van der Waals surface area contributed by atoms with Crippen molar-refractivity contribution in [3.8, 4) is 11.5 Å². The van der Waals surface area contributed by atoms with Gasteiger partial charge in [-0.25, -0.2) is 0 Å². The van der Waals surface area contributed by atoms with Crippen molar-refractivity contribution in [1.82, 2.24) is 10.9 Å². The average Bonchev–Trinajstić information content (AvgIpc) is 2.59. The van der Waals surface area contributed by atoms with Crippen molar-refractivity contribution in [1.29, 1.82) is 0 Å². The molecular weight excluding hydrogens is 358 g/mol. The molecule has 0 bridgehead atoms. The van der Waals surface area contributed by atoms with Crippen molar-refractivity contribution in [2.75, 3.05) is 7.11 Å². The number of hydrogen-bond acceptors (Lipinski definition) is 4. The molecule has 0 saturated carbocycles. The molecule has 0 fully saturated rings. The average molecular weight is 371 g/mol. The molecular formula is C16H13ClF2N2O4. The predicted molar refractivity (Wildman–Crippen MR) is 86.0 cm³/mol. The minimum absolute atomic E-state index is 0.0471. The van der Waals surface area contributed by atoms with Gasteiger partial charge in [-0.05, 0) is 36.4 Å². The Morgan fingerprint density at radius 3 is 2.20 bits per heavy atom. The first-order chi connectivity index (χ1) is 11.9. The Balaban J connectivity index is 2.04. The number of benzene rings is 2. The normalized spacial score (nSPS) is 10.3. The third kappa shape index (κ3) is 5.05. The van der Waals surface area contributed by atoms with Gasteiger partial charge in [-0.3, -0.25) is 20.4 Å². The van der Waals surface area contributed by atoms with Crippen LogP contribution in [0.2, 0.25) is 5.02 Å². The number of alkyl halides is 2. The van der Waals surface area contributed by atoms with Crippen LogP contribution in [0.15, 0.2) is 42.5 Å². The molecule has 0 saturated heterocycles.